The monoisotopic (exact) mass is 532 g/mol. The van der Waals surface area contributed by atoms with Crippen molar-refractivity contribution >= 4 is 37.9 Å². The minimum atomic E-state index is -3.01. The summed E-state index contributed by atoms with van der Waals surface area (Å²) in [6.07, 6.45) is 5.19. The van der Waals surface area contributed by atoms with Crippen molar-refractivity contribution in [3.63, 3.8) is 0 Å². The third-order valence-electron chi connectivity index (χ3n) is 7.60. The van der Waals surface area contributed by atoms with Crippen LogP contribution in [0, 0.1) is 5.92 Å². The second kappa shape index (κ2) is 8.97. The van der Waals surface area contributed by atoms with Gasteiger partial charge in [0.1, 0.15) is 45.2 Å². The summed E-state index contributed by atoms with van der Waals surface area (Å²) in [6, 6.07) is 10.4. The molecular formula is C28H32N6O3S. The van der Waals surface area contributed by atoms with E-state index in [0.717, 1.165) is 45.7 Å². The van der Waals surface area contributed by atoms with Gasteiger partial charge in [0.05, 0.1) is 5.75 Å². The molecule has 6 rings (SSSR count). The van der Waals surface area contributed by atoms with Crippen LogP contribution >= 0.6 is 0 Å². The summed E-state index contributed by atoms with van der Waals surface area (Å²) in [5.41, 5.74) is 4.96. The molecule has 1 N–H and O–H groups in total. The van der Waals surface area contributed by atoms with Gasteiger partial charge in [-0.15, -0.1) is 0 Å². The van der Waals surface area contributed by atoms with E-state index in [-0.39, 0.29) is 17.7 Å². The van der Waals surface area contributed by atoms with E-state index in [1.165, 1.54) is 11.8 Å². The standard InChI is InChI=1S/C28H32N6O3S/c1-16(2)19-6-7-24(34-12-18(17(34)3)15-38(5,35)36)21-11-29-27(10-20(19)21)30-26-9-8-25-28(31-26)22-13-33(4)32-23(22)14-37-25/h6-11,13,16-18H,12,14-15H2,1-5H3,(H,29,30,31)/t17-,18-/m1/s1. The molecule has 0 radical (unpaired) electrons. The zero-order valence-corrected chi connectivity index (χ0v) is 23.1. The summed E-state index contributed by atoms with van der Waals surface area (Å²) in [5, 5.41) is 10.1. The van der Waals surface area contributed by atoms with Crippen molar-refractivity contribution < 1.29 is 13.2 Å². The SMILES string of the molecule is CC(C)c1ccc(N2C[C@H](CS(C)(=O)=O)[C@H]2C)c2cnc(Nc3ccc4c(n3)-c3cn(C)nc3CO4)cc12. The quantitative estimate of drug-likeness (QED) is 0.383. The maximum Gasteiger partial charge on any atom is 0.147 e. The molecule has 1 aromatic carbocycles. The highest BCUT2D eigenvalue weighted by atomic mass is 32.2. The van der Waals surface area contributed by atoms with Gasteiger partial charge in [0.25, 0.3) is 0 Å². The van der Waals surface area contributed by atoms with Gasteiger partial charge >= 0.3 is 0 Å². The Balaban J connectivity index is 1.33. The summed E-state index contributed by atoms with van der Waals surface area (Å²) in [7, 11) is -1.11. The number of aryl methyl sites for hydroxylation is 1. The van der Waals surface area contributed by atoms with Gasteiger partial charge < -0.3 is 15.0 Å². The van der Waals surface area contributed by atoms with Gasteiger partial charge in [0, 0.05) is 60.8 Å². The molecule has 0 unspecified atom stereocenters. The number of nitrogens with zero attached hydrogens (tertiary/aromatic N) is 5. The zero-order chi connectivity index (χ0) is 26.8. The predicted octanol–water partition coefficient (Wildman–Crippen LogP) is 4.66. The predicted molar refractivity (Wildman–Crippen MR) is 150 cm³/mol. The molecule has 4 aromatic rings. The van der Waals surface area contributed by atoms with Crippen molar-refractivity contribution in [2.24, 2.45) is 13.0 Å². The van der Waals surface area contributed by atoms with Gasteiger partial charge in [-0.3, -0.25) is 4.68 Å². The number of ether oxygens (including phenoxy) is 1. The number of fused-ring (bicyclic) bond motifs is 4. The van der Waals surface area contributed by atoms with Crippen molar-refractivity contribution in [3.8, 4) is 17.0 Å². The molecule has 10 heteroatoms. The Morgan fingerprint density at radius 1 is 1.16 bits per heavy atom. The Morgan fingerprint density at radius 2 is 1.97 bits per heavy atom. The number of rotatable bonds is 6. The molecule has 9 nitrogen and oxygen atoms in total. The molecule has 0 bridgehead atoms. The van der Waals surface area contributed by atoms with Crippen LogP contribution in [0.4, 0.5) is 17.3 Å². The molecule has 1 fully saturated rings. The molecule has 2 aliphatic rings. The fourth-order valence-corrected chi connectivity index (χ4v) is 6.76. The van der Waals surface area contributed by atoms with Gasteiger partial charge in [0.2, 0.25) is 0 Å². The van der Waals surface area contributed by atoms with Crippen molar-refractivity contribution in [1.29, 1.82) is 0 Å². The van der Waals surface area contributed by atoms with Crippen molar-refractivity contribution in [1.82, 2.24) is 19.7 Å². The molecule has 0 saturated carbocycles. The third kappa shape index (κ3) is 4.36. The summed E-state index contributed by atoms with van der Waals surface area (Å²) >= 11 is 0. The van der Waals surface area contributed by atoms with E-state index in [0.29, 0.717) is 24.2 Å². The molecule has 0 spiro atoms. The highest BCUT2D eigenvalue weighted by Crippen LogP contribution is 2.40. The first kappa shape index (κ1) is 24.7. The van der Waals surface area contributed by atoms with E-state index in [9.17, 15) is 8.42 Å². The van der Waals surface area contributed by atoms with Gasteiger partial charge in [-0.1, -0.05) is 19.9 Å². The first-order valence-corrected chi connectivity index (χ1v) is 14.9. The van der Waals surface area contributed by atoms with Crippen LogP contribution in [-0.4, -0.2) is 52.8 Å². The number of nitrogens with one attached hydrogen (secondary N) is 1. The Bertz CT molecular complexity index is 1660. The second-order valence-electron chi connectivity index (χ2n) is 10.8. The minimum Gasteiger partial charge on any atom is -0.485 e. The van der Waals surface area contributed by atoms with Gasteiger partial charge in [-0.05, 0) is 48.1 Å². The number of pyridine rings is 2. The molecular weight excluding hydrogens is 500 g/mol. The third-order valence-corrected chi connectivity index (χ3v) is 8.64. The molecule has 1 saturated heterocycles. The van der Waals surface area contributed by atoms with Crippen LogP contribution in [0.15, 0.2) is 42.7 Å². The Labute approximate surface area is 222 Å². The molecule has 38 heavy (non-hydrogen) atoms. The van der Waals surface area contributed by atoms with Crippen LogP contribution in [-0.2, 0) is 23.5 Å². The maximum absolute atomic E-state index is 11.8. The van der Waals surface area contributed by atoms with E-state index < -0.39 is 9.84 Å². The lowest BCUT2D eigenvalue weighted by Gasteiger charge is -2.48. The maximum atomic E-state index is 11.8. The fourth-order valence-electron chi connectivity index (χ4n) is 5.60. The van der Waals surface area contributed by atoms with Crippen molar-refractivity contribution in [3.05, 3.63) is 54.0 Å². The van der Waals surface area contributed by atoms with Crippen LogP contribution < -0.4 is 15.0 Å². The zero-order valence-electron chi connectivity index (χ0n) is 22.3. The Morgan fingerprint density at radius 3 is 2.71 bits per heavy atom. The lowest BCUT2D eigenvalue weighted by atomic mass is 9.88. The number of hydrogen-bond acceptors (Lipinski definition) is 8. The van der Waals surface area contributed by atoms with Crippen molar-refractivity contribution in [2.45, 2.75) is 39.3 Å². The van der Waals surface area contributed by atoms with Gasteiger partial charge in [0.15, 0.2) is 0 Å². The number of aromatic nitrogens is 4. The molecule has 0 aliphatic carbocycles. The lowest BCUT2D eigenvalue weighted by molar-refractivity contribution is 0.295. The van der Waals surface area contributed by atoms with Crippen LogP contribution in [0.3, 0.4) is 0 Å². The average molecular weight is 533 g/mol. The highest BCUT2D eigenvalue weighted by molar-refractivity contribution is 7.90. The van der Waals surface area contributed by atoms with E-state index in [1.807, 2.05) is 31.6 Å². The molecule has 2 aliphatic heterocycles. The van der Waals surface area contributed by atoms with E-state index >= 15 is 0 Å². The van der Waals surface area contributed by atoms with Crippen molar-refractivity contribution in [2.75, 3.05) is 28.8 Å². The number of sulfone groups is 1. The summed E-state index contributed by atoms with van der Waals surface area (Å²) < 4.78 is 31.3. The fraction of sp³-hybridized carbons (Fsp3) is 0.393. The summed E-state index contributed by atoms with van der Waals surface area (Å²) in [6.45, 7) is 7.64. The molecule has 0 amide bonds. The average Bonchev–Trinajstić information content (AvgIpc) is 3.25. The molecule has 3 aromatic heterocycles. The highest BCUT2D eigenvalue weighted by Gasteiger charge is 2.38. The Hall–Kier alpha value is -3.66. The van der Waals surface area contributed by atoms with Crippen LogP contribution in [0.5, 0.6) is 5.75 Å². The largest absolute Gasteiger partial charge is 0.485 e. The van der Waals surface area contributed by atoms with Gasteiger partial charge in [-0.25, -0.2) is 18.4 Å². The number of hydrogen-bond donors (Lipinski definition) is 1. The van der Waals surface area contributed by atoms with Gasteiger partial charge in [-0.2, -0.15) is 5.10 Å². The minimum absolute atomic E-state index is 0.137. The number of anilines is 3. The van der Waals surface area contributed by atoms with Crippen LogP contribution in [0.25, 0.3) is 22.0 Å². The first-order chi connectivity index (χ1) is 18.1. The van der Waals surface area contributed by atoms with E-state index in [4.69, 9.17) is 14.7 Å². The summed E-state index contributed by atoms with van der Waals surface area (Å²) in [4.78, 5) is 11.9. The Kier molecular flexibility index (Phi) is 5.82. The van der Waals surface area contributed by atoms with E-state index in [2.05, 4.69) is 54.3 Å². The molecule has 198 valence electrons. The normalized spacial score (nSPS) is 18.6. The molecule has 2 atom stereocenters. The van der Waals surface area contributed by atoms with Crippen LogP contribution in [0.1, 0.15) is 37.9 Å². The second-order valence-corrected chi connectivity index (χ2v) is 13.0. The topological polar surface area (TPSA) is 102 Å². The van der Waals surface area contributed by atoms with E-state index in [1.54, 1.807) is 4.68 Å². The summed E-state index contributed by atoms with van der Waals surface area (Å²) in [5.74, 6) is 2.82. The smallest absolute Gasteiger partial charge is 0.147 e. The molecule has 5 heterocycles. The van der Waals surface area contributed by atoms with Crippen LogP contribution in [0.2, 0.25) is 0 Å². The lowest BCUT2D eigenvalue weighted by Crippen LogP contribution is -2.57. The number of benzene rings is 1. The first-order valence-electron chi connectivity index (χ1n) is 12.9.